The number of hydrogen-bond acceptors (Lipinski definition) is 3. The molecular formula is C24H29NO3. The zero-order chi connectivity index (χ0) is 20.3. The van der Waals surface area contributed by atoms with E-state index in [0.717, 1.165) is 46.5 Å². The van der Waals surface area contributed by atoms with Gasteiger partial charge in [-0.05, 0) is 60.8 Å². The van der Waals surface area contributed by atoms with Crippen molar-refractivity contribution < 1.29 is 14.6 Å². The first-order chi connectivity index (χ1) is 13.4. The number of hydrogen-bond donors (Lipinski definition) is 1. The van der Waals surface area contributed by atoms with Gasteiger partial charge in [0.05, 0.1) is 5.92 Å². The molecule has 0 aromatic heterocycles. The zero-order valence-corrected chi connectivity index (χ0v) is 17.1. The molecule has 1 atom stereocenters. The van der Waals surface area contributed by atoms with Crippen molar-refractivity contribution in [1.82, 2.24) is 4.90 Å². The fraction of sp³-hybridized carbons (Fsp3) is 0.375. The molecule has 1 aliphatic rings. The Hall–Kier alpha value is -2.59. The van der Waals surface area contributed by atoms with E-state index in [1.165, 1.54) is 0 Å². The summed E-state index contributed by atoms with van der Waals surface area (Å²) in [5.74, 6) is -0.505. The quantitative estimate of drug-likeness (QED) is 0.784. The average Bonchev–Trinajstić information content (AvgIpc) is 2.78. The monoisotopic (exact) mass is 379 g/mol. The van der Waals surface area contributed by atoms with Gasteiger partial charge in [0, 0.05) is 12.1 Å². The number of aliphatic carboxylic acids is 1. The zero-order valence-electron chi connectivity index (χ0n) is 17.1. The third-order valence-electron chi connectivity index (χ3n) is 5.20. The van der Waals surface area contributed by atoms with Gasteiger partial charge in [-0.1, -0.05) is 50.3 Å². The topological polar surface area (TPSA) is 49.8 Å². The molecule has 0 radical (unpaired) electrons. The predicted molar refractivity (Wildman–Crippen MR) is 113 cm³/mol. The van der Waals surface area contributed by atoms with E-state index in [4.69, 9.17) is 4.74 Å². The predicted octanol–water partition coefficient (Wildman–Crippen LogP) is 4.79. The van der Waals surface area contributed by atoms with Crippen LogP contribution in [0.15, 0.2) is 48.5 Å². The summed E-state index contributed by atoms with van der Waals surface area (Å²) < 4.78 is 6.09. The highest BCUT2D eigenvalue weighted by molar-refractivity contribution is 5.86. The molecule has 28 heavy (non-hydrogen) atoms. The number of benzene rings is 2. The number of carboxylic acid groups (broad SMARTS) is 1. The highest BCUT2D eigenvalue weighted by Crippen LogP contribution is 2.39. The molecule has 0 bridgehead atoms. The summed E-state index contributed by atoms with van der Waals surface area (Å²) in [6, 6.07) is 14.1. The van der Waals surface area contributed by atoms with Gasteiger partial charge in [-0.25, -0.2) is 0 Å². The van der Waals surface area contributed by atoms with E-state index in [-0.39, 0.29) is 5.92 Å². The molecule has 0 saturated carbocycles. The van der Waals surface area contributed by atoms with Crippen LogP contribution in [-0.4, -0.2) is 36.6 Å². The lowest BCUT2D eigenvalue weighted by molar-refractivity contribution is -0.139. The van der Waals surface area contributed by atoms with Crippen LogP contribution in [0.25, 0.3) is 5.57 Å². The van der Waals surface area contributed by atoms with Crippen molar-refractivity contribution in [3.63, 3.8) is 0 Å². The van der Waals surface area contributed by atoms with Crippen LogP contribution >= 0.6 is 0 Å². The maximum atomic E-state index is 11.9. The minimum absolute atomic E-state index is 0.00991. The normalized spacial score (nSPS) is 15.7. The van der Waals surface area contributed by atoms with Gasteiger partial charge in [0.1, 0.15) is 12.4 Å². The number of carbonyl (C=O) groups is 1. The van der Waals surface area contributed by atoms with E-state index >= 15 is 0 Å². The molecule has 0 amide bonds. The Balaban J connectivity index is 2.13. The lowest BCUT2D eigenvalue weighted by Crippen LogP contribution is -2.17. The summed E-state index contributed by atoms with van der Waals surface area (Å²) in [5.41, 5.74) is 5.24. The molecule has 2 aromatic carbocycles. The smallest absolute Gasteiger partial charge is 0.311 e. The van der Waals surface area contributed by atoms with Crippen LogP contribution in [0, 0.1) is 5.92 Å². The Morgan fingerprint density at radius 3 is 2.61 bits per heavy atom. The van der Waals surface area contributed by atoms with Crippen molar-refractivity contribution in [2.45, 2.75) is 32.8 Å². The third-order valence-corrected chi connectivity index (χ3v) is 5.20. The van der Waals surface area contributed by atoms with Crippen LogP contribution in [0.4, 0.5) is 0 Å². The highest BCUT2D eigenvalue weighted by atomic mass is 16.5. The summed E-state index contributed by atoms with van der Waals surface area (Å²) in [4.78, 5) is 14.0. The number of rotatable bonds is 6. The van der Waals surface area contributed by atoms with Crippen LogP contribution in [0.3, 0.4) is 0 Å². The number of carboxylic acids is 1. The molecule has 0 spiro atoms. The minimum atomic E-state index is -0.789. The highest BCUT2D eigenvalue weighted by Gasteiger charge is 2.26. The van der Waals surface area contributed by atoms with E-state index in [9.17, 15) is 9.90 Å². The van der Waals surface area contributed by atoms with Crippen molar-refractivity contribution >= 4 is 11.5 Å². The first-order valence-electron chi connectivity index (χ1n) is 9.81. The number of fused-ring (bicyclic) bond motifs is 2. The third kappa shape index (κ3) is 4.28. The second-order valence-electron chi connectivity index (χ2n) is 7.97. The molecule has 4 heteroatoms. The SMILES string of the molecule is CC(C)C(C(=O)O)c1ccc2c(c1)/C(=C\CCN(C)C)c1ccccc1CO2. The molecule has 0 saturated heterocycles. The van der Waals surface area contributed by atoms with E-state index in [0.29, 0.717) is 6.61 Å². The molecule has 148 valence electrons. The van der Waals surface area contributed by atoms with Crippen LogP contribution in [-0.2, 0) is 11.4 Å². The van der Waals surface area contributed by atoms with Gasteiger partial charge in [0.2, 0.25) is 0 Å². The first-order valence-corrected chi connectivity index (χ1v) is 9.81. The van der Waals surface area contributed by atoms with Crippen molar-refractivity contribution in [2.75, 3.05) is 20.6 Å². The molecule has 0 aliphatic carbocycles. The van der Waals surface area contributed by atoms with Crippen LogP contribution in [0.2, 0.25) is 0 Å². The van der Waals surface area contributed by atoms with Gasteiger partial charge in [-0.3, -0.25) is 4.79 Å². The Bertz CT molecular complexity index is 883. The lowest BCUT2D eigenvalue weighted by Gasteiger charge is -2.19. The maximum Gasteiger partial charge on any atom is 0.311 e. The first kappa shape index (κ1) is 20.2. The molecule has 1 heterocycles. The van der Waals surface area contributed by atoms with Crippen molar-refractivity contribution in [2.24, 2.45) is 5.92 Å². The molecule has 3 rings (SSSR count). The number of nitrogens with zero attached hydrogens (tertiary/aromatic N) is 1. The van der Waals surface area contributed by atoms with Gasteiger partial charge in [-0.15, -0.1) is 0 Å². The maximum absolute atomic E-state index is 11.9. The second-order valence-corrected chi connectivity index (χ2v) is 7.97. The largest absolute Gasteiger partial charge is 0.488 e. The minimum Gasteiger partial charge on any atom is -0.488 e. The summed E-state index contributed by atoms with van der Waals surface area (Å²) >= 11 is 0. The van der Waals surface area contributed by atoms with Gasteiger partial charge in [0.15, 0.2) is 0 Å². The van der Waals surface area contributed by atoms with Crippen molar-refractivity contribution in [3.05, 3.63) is 70.8 Å². The van der Waals surface area contributed by atoms with Crippen LogP contribution in [0.1, 0.15) is 48.4 Å². The van der Waals surface area contributed by atoms with E-state index in [2.05, 4.69) is 37.2 Å². The van der Waals surface area contributed by atoms with Crippen LogP contribution < -0.4 is 4.74 Å². The van der Waals surface area contributed by atoms with Crippen molar-refractivity contribution in [3.8, 4) is 5.75 Å². The van der Waals surface area contributed by atoms with Gasteiger partial charge < -0.3 is 14.7 Å². The molecule has 0 fully saturated rings. The second kappa shape index (κ2) is 8.61. The standard InChI is InChI=1S/C24H29NO3/c1-16(2)23(24(26)27)17-11-12-22-21(14-17)20(10-7-13-25(3)4)19-9-6-5-8-18(19)15-28-22/h5-6,8-12,14,16,23H,7,13,15H2,1-4H3,(H,26,27)/b20-10-. The van der Waals surface area contributed by atoms with E-state index in [1.807, 2.05) is 44.2 Å². The summed E-state index contributed by atoms with van der Waals surface area (Å²) in [7, 11) is 4.13. The summed E-state index contributed by atoms with van der Waals surface area (Å²) in [6.45, 7) is 5.36. The van der Waals surface area contributed by atoms with Gasteiger partial charge in [0.25, 0.3) is 0 Å². The molecule has 1 N–H and O–H groups in total. The Kier molecular flexibility index (Phi) is 6.20. The Morgan fingerprint density at radius 2 is 1.93 bits per heavy atom. The molecule has 4 nitrogen and oxygen atoms in total. The summed E-state index contributed by atoms with van der Waals surface area (Å²) in [6.07, 6.45) is 3.16. The summed E-state index contributed by atoms with van der Waals surface area (Å²) in [5, 5.41) is 9.73. The number of ether oxygens (including phenoxy) is 1. The molecular weight excluding hydrogens is 350 g/mol. The Morgan fingerprint density at radius 1 is 1.18 bits per heavy atom. The van der Waals surface area contributed by atoms with E-state index in [1.54, 1.807) is 0 Å². The molecule has 1 aliphatic heterocycles. The van der Waals surface area contributed by atoms with Gasteiger partial charge >= 0.3 is 5.97 Å². The average molecular weight is 380 g/mol. The van der Waals surface area contributed by atoms with E-state index < -0.39 is 11.9 Å². The molecule has 1 unspecified atom stereocenters. The lowest BCUT2D eigenvalue weighted by atomic mass is 9.85. The molecule has 2 aromatic rings. The fourth-order valence-electron chi connectivity index (χ4n) is 3.79. The fourth-order valence-corrected chi connectivity index (χ4v) is 3.79. The Labute approximate surface area is 167 Å². The van der Waals surface area contributed by atoms with Crippen LogP contribution in [0.5, 0.6) is 5.75 Å². The van der Waals surface area contributed by atoms with Gasteiger partial charge in [-0.2, -0.15) is 0 Å². The van der Waals surface area contributed by atoms with Crippen molar-refractivity contribution in [1.29, 1.82) is 0 Å².